The maximum Gasteiger partial charge on any atom is 0.358 e. The lowest BCUT2D eigenvalue weighted by Crippen LogP contribution is -2.24. The molecule has 27 heavy (non-hydrogen) atoms. The maximum atomic E-state index is 12.3. The molecule has 1 heterocycles. The molecule has 1 saturated carbocycles. The van der Waals surface area contributed by atoms with Crippen LogP contribution in [0.15, 0.2) is 30.5 Å². The van der Waals surface area contributed by atoms with Crippen molar-refractivity contribution in [1.29, 1.82) is 0 Å². The number of nitrogens with one attached hydrogen (secondary N) is 2. The summed E-state index contributed by atoms with van der Waals surface area (Å²) in [5.41, 5.74) is 0.924. The summed E-state index contributed by atoms with van der Waals surface area (Å²) in [6.45, 7) is -0.168. The molecule has 0 atom stereocenters. The second-order valence-corrected chi connectivity index (χ2v) is 6.56. The topological polar surface area (TPSA) is 126 Å². The number of amides is 2. The van der Waals surface area contributed by atoms with Crippen molar-refractivity contribution < 1.29 is 19.5 Å². The molecule has 3 rings (SSSR count). The number of anilines is 2. The standard InChI is InChI=1S/C18H21N5O4/c24-16(11-23-10-15(18(26)27)21-22-23)19-13-7-4-8-14(9-13)20-17(25)12-5-2-1-3-6-12/h4,7-10,12H,1-3,5-6,11H2,(H,19,24)(H,20,25)(H,26,27). The molecule has 9 heteroatoms. The highest BCUT2D eigenvalue weighted by molar-refractivity contribution is 5.95. The van der Waals surface area contributed by atoms with Gasteiger partial charge in [0.1, 0.15) is 6.54 Å². The van der Waals surface area contributed by atoms with Gasteiger partial charge < -0.3 is 15.7 Å². The number of rotatable bonds is 6. The van der Waals surface area contributed by atoms with Crippen LogP contribution in [0.25, 0.3) is 0 Å². The summed E-state index contributed by atoms with van der Waals surface area (Å²) in [5.74, 6) is -1.52. The fourth-order valence-corrected chi connectivity index (χ4v) is 3.11. The first-order chi connectivity index (χ1) is 13.0. The number of benzene rings is 1. The molecule has 142 valence electrons. The molecule has 0 unspecified atom stereocenters. The largest absolute Gasteiger partial charge is 0.476 e. The molecule has 0 radical (unpaired) electrons. The first kappa shape index (κ1) is 18.6. The van der Waals surface area contributed by atoms with Gasteiger partial charge in [-0.05, 0) is 31.0 Å². The Balaban J connectivity index is 1.56. The van der Waals surface area contributed by atoms with Crippen molar-refractivity contribution in [1.82, 2.24) is 15.0 Å². The van der Waals surface area contributed by atoms with Crippen LogP contribution >= 0.6 is 0 Å². The van der Waals surface area contributed by atoms with Crippen molar-refractivity contribution >= 4 is 29.2 Å². The Hall–Kier alpha value is -3.23. The fourth-order valence-electron chi connectivity index (χ4n) is 3.11. The number of hydrogen-bond donors (Lipinski definition) is 3. The first-order valence-corrected chi connectivity index (χ1v) is 8.85. The smallest absolute Gasteiger partial charge is 0.358 e. The van der Waals surface area contributed by atoms with E-state index in [0.29, 0.717) is 11.4 Å². The van der Waals surface area contributed by atoms with Crippen LogP contribution < -0.4 is 10.6 Å². The Morgan fingerprint density at radius 2 is 1.81 bits per heavy atom. The number of aromatic carboxylic acids is 1. The molecule has 1 aliphatic carbocycles. The summed E-state index contributed by atoms with van der Waals surface area (Å²) < 4.78 is 1.15. The molecular formula is C18H21N5O4. The van der Waals surface area contributed by atoms with Gasteiger partial charge in [-0.3, -0.25) is 9.59 Å². The summed E-state index contributed by atoms with van der Waals surface area (Å²) in [7, 11) is 0. The Bertz CT molecular complexity index is 842. The van der Waals surface area contributed by atoms with Crippen LogP contribution in [-0.2, 0) is 16.1 Å². The fraction of sp³-hybridized carbons (Fsp3) is 0.389. The molecule has 3 N–H and O–H groups in total. The van der Waals surface area contributed by atoms with Crippen LogP contribution in [0.2, 0.25) is 0 Å². The van der Waals surface area contributed by atoms with E-state index in [1.54, 1.807) is 24.3 Å². The highest BCUT2D eigenvalue weighted by Crippen LogP contribution is 2.25. The van der Waals surface area contributed by atoms with Crippen LogP contribution in [0.3, 0.4) is 0 Å². The SMILES string of the molecule is O=C(Cn1cc(C(=O)O)nn1)Nc1cccc(NC(=O)C2CCCCC2)c1. The van der Waals surface area contributed by atoms with Crippen LogP contribution in [-0.4, -0.2) is 37.9 Å². The first-order valence-electron chi connectivity index (χ1n) is 8.85. The molecule has 0 spiro atoms. The monoisotopic (exact) mass is 371 g/mol. The zero-order valence-electron chi connectivity index (χ0n) is 14.7. The van der Waals surface area contributed by atoms with E-state index in [1.807, 2.05) is 0 Å². The molecular weight excluding hydrogens is 350 g/mol. The van der Waals surface area contributed by atoms with Crippen molar-refractivity contribution in [2.45, 2.75) is 38.6 Å². The molecule has 0 saturated heterocycles. The van der Waals surface area contributed by atoms with Gasteiger partial charge in [-0.2, -0.15) is 0 Å². The van der Waals surface area contributed by atoms with Crippen molar-refractivity contribution in [2.24, 2.45) is 5.92 Å². The summed E-state index contributed by atoms with van der Waals surface area (Å²) >= 11 is 0. The third kappa shape index (κ3) is 5.13. The number of nitrogens with zero attached hydrogens (tertiary/aromatic N) is 3. The number of aromatic nitrogens is 3. The molecule has 1 fully saturated rings. The number of hydrogen-bond acceptors (Lipinski definition) is 5. The van der Waals surface area contributed by atoms with E-state index in [4.69, 9.17) is 5.11 Å². The van der Waals surface area contributed by atoms with Crippen LogP contribution in [0.4, 0.5) is 11.4 Å². The maximum absolute atomic E-state index is 12.3. The van der Waals surface area contributed by atoms with Gasteiger partial charge in [-0.1, -0.05) is 30.5 Å². The number of carboxylic acid groups (broad SMARTS) is 1. The third-order valence-corrected chi connectivity index (χ3v) is 4.45. The zero-order valence-corrected chi connectivity index (χ0v) is 14.7. The van der Waals surface area contributed by atoms with Gasteiger partial charge in [0.25, 0.3) is 0 Å². The minimum Gasteiger partial charge on any atom is -0.476 e. The van der Waals surface area contributed by atoms with E-state index < -0.39 is 5.97 Å². The van der Waals surface area contributed by atoms with E-state index in [1.165, 1.54) is 12.6 Å². The number of carboxylic acids is 1. The lowest BCUT2D eigenvalue weighted by Gasteiger charge is -2.20. The number of carbonyl (C=O) groups excluding carboxylic acids is 2. The van der Waals surface area contributed by atoms with E-state index in [0.717, 1.165) is 30.4 Å². The van der Waals surface area contributed by atoms with Crippen LogP contribution in [0, 0.1) is 5.92 Å². The molecule has 9 nitrogen and oxygen atoms in total. The van der Waals surface area contributed by atoms with Gasteiger partial charge in [0.2, 0.25) is 11.8 Å². The Morgan fingerprint density at radius 3 is 2.48 bits per heavy atom. The highest BCUT2D eigenvalue weighted by Gasteiger charge is 2.21. The summed E-state index contributed by atoms with van der Waals surface area (Å²) in [6.07, 6.45) is 6.37. The molecule has 1 aromatic heterocycles. The number of carbonyl (C=O) groups is 3. The molecule has 2 amide bonds. The zero-order chi connectivity index (χ0) is 19.2. The summed E-state index contributed by atoms with van der Waals surface area (Å²) in [5, 5.41) is 21.5. The van der Waals surface area contributed by atoms with Crippen molar-refractivity contribution in [2.75, 3.05) is 10.6 Å². The van der Waals surface area contributed by atoms with Crippen molar-refractivity contribution in [3.63, 3.8) is 0 Å². The van der Waals surface area contributed by atoms with Crippen molar-refractivity contribution in [3.8, 4) is 0 Å². The van der Waals surface area contributed by atoms with Gasteiger partial charge in [0.05, 0.1) is 6.20 Å². The normalized spacial score (nSPS) is 14.5. The van der Waals surface area contributed by atoms with Crippen LogP contribution in [0.5, 0.6) is 0 Å². The van der Waals surface area contributed by atoms with Crippen molar-refractivity contribution in [3.05, 3.63) is 36.2 Å². The summed E-state index contributed by atoms with van der Waals surface area (Å²) in [6, 6.07) is 6.90. The minimum absolute atomic E-state index is 0.0157. The Labute approximate surface area is 155 Å². The average molecular weight is 371 g/mol. The second-order valence-electron chi connectivity index (χ2n) is 6.56. The molecule has 2 aromatic rings. The molecule has 1 aliphatic rings. The van der Waals surface area contributed by atoms with E-state index >= 15 is 0 Å². The van der Waals surface area contributed by atoms with Gasteiger partial charge in [-0.25, -0.2) is 9.48 Å². The summed E-state index contributed by atoms with van der Waals surface area (Å²) in [4.78, 5) is 35.2. The van der Waals surface area contributed by atoms with Crippen LogP contribution in [0.1, 0.15) is 42.6 Å². The minimum atomic E-state index is -1.21. The van der Waals surface area contributed by atoms with E-state index in [2.05, 4.69) is 20.9 Å². The lowest BCUT2D eigenvalue weighted by atomic mass is 9.88. The molecule has 1 aromatic carbocycles. The van der Waals surface area contributed by atoms with E-state index in [-0.39, 0.29) is 30.0 Å². The molecule has 0 aliphatic heterocycles. The average Bonchev–Trinajstić information content (AvgIpc) is 3.11. The Kier molecular flexibility index (Phi) is 5.80. The van der Waals surface area contributed by atoms with Gasteiger partial charge in [-0.15, -0.1) is 5.10 Å². The van der Waals surface area contributed by atoms with E-state index in [9.17, 15) is 14.4 Å². The van der Waals surface area contributed by atoms with Gasteiger partial charge >= 0.3 is 5.97 Å². The van der Waals surface area contributed by atoms with Gasteiger partial charge in [0.15, 0.2) is 5.69 Å². The predicted molar refractivity (Wildman–Crippen MR) is 97.3 cm³/mol. The lowest BCUT2D eigenvalue weighted by molar-refractivity contribution is -0.120. The predicted octanol–water partition coefficient (Wildman–Crippen LogP) is 2.13. The highest BCUT2D eigenvalue weighted by atomic mass is 16.4. The second kappa shape index (κ2) is 8.43. The quantitative estimate of drug-likeness (QED) is 0.714. The van der Waals surface area contributed by atoms with Gasteiger partial charge in [0, 0.05) is 17.3 Å². The Morgan fingerprint density at radius 1 is 1.11 bits per heavy atom. The molecule has 0 bridgehead atoms. The third-order valence-electron chi connectivity index (χ3n) is 4.45.